The zero-order chi connectivity index (χ0) is 15.7. The molecule has 21 heavy (non-hydrogen) atoms. The molecule has 1 fully saturated rings. The van der Waals surface area contributed by atoms with Crippen LogP contribution in [0, 0.1) is 0 Å². The van der Waals surface area contributed by atoms with Crippen molar-refractivity contribution in [1.29, 1.82) is 0 Å². The van der Waals surface area contributed by atoms with E-state index in [0.29, 0.717) is 25.3 Å². The molecule has 1 saturated heterocycles. The summed E-state index contributed by atoms with van der Waals surface area (Å²) in [4.78, 5) is -0.121. The smallest absolute Gasteiger partial charge is 0.242 e. The van der Waals surface area contributed by atoms with E-state index in [1.165, 1.54) is 18.2 Å². The van der Waals surface area contributed by atoms with Crippen molar-refractivity contribution in [2.24, 2.45) is 0 Å². The minimum absolute atomic E-state index is 0.0375. The third kappa shape index (κ3) is 3.73. The van der Waals surface area contributed by atoms with Crippen LogP contribution in [-0.2, 0) is 24.6 Å². The second kappa shape index (κ2) is 5.91. The van der Waals surface area contributed by atoms with Gasteiger partial charge in [-0.15, -0.1) is 0 Å². The number of hydrogen-bond acceptors (Lipinski definition) is 6. The fourth-order valence-corrected chi connectivity index (χ4v) is 4.29. The van der Waals surface area contributed by atoms with Crippen LogP contribution in [0.1, 0.15) is 6.42 Å². The van der Waals surface area contributed by atoms with Crippen LogP contribution < -0.4 is 10.0 Å². The van der Waals surface area contributed by atoms with Crippen molar-refractivity contribution in [2.75, 3.05) is 31.8 Å². The maximum atomic E-state index is 12.4. The third-order valence-electron chi connectivity index (χ3n) is 3.19. The molecule has 1 aromatic carbocycles. The van der Waals surface area contributed by atoms with Crippen molar-refractivity contribution in [2.45, 2.75) is 22.3 Å². The Labute approximate surface area is 124 Å². The Morgan fingerprint density at radius 3 is 2.48 bits per heavy atom. The average molecular weight is 334 g/mol. The van der Waals surface area contributed by atoms with Crippen LogP contribution in [0.25, 0.3) is 0 Å². The maximum Gasteiger partial charge on any atom is 0.242 e. The van der Waals surface area contributed by atoms with Crippen LogP contribution >= 0.6 is 0 Å². The minimum atomic E-state index is -3.83. The van der Waals surface area contributed by atoms with E-state index in [1.54, 1.807) is 7.05 Å². The van der Waals surface area contributed by atoms with Gasteiger partial charge in [-0.25, -0.2) is 21.6 Å². The van der Waals surface area contributed by atoms with Crippen molar-refractivity contribution < 1.29 is 21.6 Å². The number of ether oxygens (including phenoxy) is 1. The molecule has 2 N–H and O–H groups in total. The Bertz CT molecular complexity index is 722. The molecule has 1 heterocycles. The molecule has 1 atom stereocenters. The monoisotopic (exact) mass is 334 g/mol. The fraction of sp³-hybridized carbons (Fsp3) is 0.500. The van der Waals surface area contributed by atoms with Gasteiger partial charge in [-0.2, -0.15) is 0 Å². The fourth-order valence-electron chi connectivity index (χ4n) is 2.07. The van der Waals surface area contributed by atoms with E-state index in [9.17, 15) is 16.8 Å². The summed E-state index contributed by atoms with van der Waals surface area (Å²) in [7, 11) is -5.73. The molecule has 1 aromatic rings. The lowest BCUT2D eigenvalue weighted by Gasteiger charge is -2.15. The highest BCUT2D eigenvalue weighted by Gasteiger charge is 2.26. The molecule has 0 spiro atoms. The summed E-state index contributed by atoms with van der Waals surface area (Å²) in [5.41, 5.74) is 0.341. The van der Waals surface area contributed by atoms with E-state index in [1.807, 2.05) is 0 Å². The number of rotatable bonds is 5. The molecule has 1 aliphatic heterocycles. The summed E-state index contributed by atoms with van der Waals surface area (Å²) < 4.78 is 55.8. The van der Waals surface area contributed by atoms with Crippen LogP contribution in [0.15, 0.2) is 28.0 Å². The highest BCUT2D eigenvalue weighted by atomic mass is 32.2. The molecule has 0 bridgehead atoms. The predicted octanol–water partition coefficient (Wildman–Crippen LogP) is 0.199. The van der Waals surface area contributed by atoms with Crippen molar-refractivity contribution in [3.63, 3.8) is 0 Å². The molecular formula is C12H18N2O5S2. The lowest BCUT2D eigenvalue weighted by molar-refractivity contribution is 0.192. The van der Waals surface area contributed by atoms with Gasteiger partial charge < -0.3 is 10.1 Å². The first-order valence-electron chi connectivity index (χ1n) is 6.36. The summed E-state index contributed by atoms with van der Waals surface area (Å²) >= 11 is 0. The highest BCUT2D eigenvalue weighted by Crippen LogP contribution is 2.25. The SMILES string of the molecule is CNc1ccc(S(C)(=O)=O)cc1S(=O)(=O)NC1CCOC1. The quantitative estimate of drug-likeness (QED) is 0.797. The molecule has 0 saturated carbocycles. The van der Waals surface area contributed by atoms with E-state index >= 15 is 0 Å². The predicted molar refractivity (Wildman–Crippen MR) is 78.6 cm³/mol. The van der Waals surface area contributed by atoms with E-state index in [-0.39, 0.29) is 15.8 Å². The molecule has 118 valence electrons. The van der Waals surface area contributed by atoms with Gasteiger partial charge in [0.1, 0.15) is 4.90 Å². The molecule has 2 rings (SSSR count). The first kappa shape index (κ1) is 16.2. The summed E-state index contributed by atoms with van der Waals surface area (Å²) in [6.07, 6.45) is 1.63. The van der Waals surface area contributed by atoms with Gasteiger partial charge in [-0.05, 0) is 24.6 Å². The molecule has 7 nitrogen and oxygen atoms in total. The Balaban J connectivity index is 2.44. The Morgan fingerprint density at radius 1 is 1.24 bits per heavy atom. The molecule has 0 aromatic heterocycles. The maximum absolute atomic E-state index is 12.4. The number of hydrogen-bond donors (Lipinski definition) is 2. The summed E-state index contributed by atoms with van der Waals surface area (Å²) in [5, 5.41) is 2.76. The molecule has 1 aliphatic rings. The number of sulfone groups is 1. The second-order valence-electron chi connectivity index (χ2n) is 4.86. The highest BCUT2D eigenvalue weighted by molar-refractivity contribution is 7.91. The van der Waals surface area contributed by atoms with Gasteiger partial charge in [0, 0.05) is 26.0 Å². The van der Waals surface area contributed by atoms with Crippen molar-refractivity contribution >= 4 is 25.5 Å². The van der Waals surface area contributed by atoms with E-state index in [4.69, 9.17) is 4.74 Å². The molecule has 9 heteroatoms. The van der Waals surface area contributed by atoms with Gasteiger partial charge in [0.05, 0.1) is 17.2 Å². The van der Waals surface area contributed by atoms with Gasteiger partial charge in [-0.1, -0.05) is 0 Å². The van der Waals surface area contributed by atoms with Gasteiger partial charge in [-0.3, -0.25) is 0 Å². The molecule has 0 aliphatic carbocycles. The Hall–Kier alpha value is -1.16. The molecule has 0 amide bonds. The normalized spacial score (nSPS) is 19.6. The van der Waals surface area contributed by atoms with Crippen LogP contribution in [-0.4, -0.2) is 49.4 Å². The molecule has 0 radical (unpaired) electrons. The van der Waals surface area contributed by atoms with Crippen LogP contribution in [0.3, 0.4) is 0 Å². The Morgan fingerprint density at radius 2 is 1.95 bits per heavy atom. The number of anilines is 1. The number of sulfonamides is 1. The van der Waals surface area contributed by atoms with Crippen LogP contribution in [0.5, 0.6) is 0 Å². The zero-order valence-corrected chi connectivity index (χ0v) is 13.4. The molecular weight excluding hydrogens is 316 g/mol. The van der Waals surface area contributed by atoms with E-state index in [0.717, 1.165) is 6.26 Å². The standard InChI is InChI=1S/C12H18N2O5S2/c1-13-11-4-3-10(20(2,15)16)7-12(11)21(17,18)14-9-5-6-19-8-9/h3-4,7,9,13-14H,5-6,8H2,1-2H3. The third-order valence-corrected chi connectivity index (χ3v) is 5.86. The first-order valence-corrected chi connectivity index (χ1v) is 9.73. The zero-order valence-electron chi connectivity index (χ0n) is 11.8. The van der Waals surface area contributed by atoms with Crippen molar-refractivity contribution in [3.05, 3.63) is 18.2 Å². The first-order chi connectivity index (χ1) is 9.74. The Kier molecular flexibility index (Phi) is 4.57. The van der Waals surface area contributed by atoms with Crippen molar-refractivity contribution in [3.8, 4) is 0 Å². The van der Waals surface area contributed by atoms with E-state index < -0.39 is 19.9 Å². The lowest BCUT2D eigenvalue weighted by atomic mass is 10.3. The number of nitrogens with one attached hydrogen (secondary N) is 2. The van der Waals surface area contributed by atoms with Crippen LogP contribution in [0.4, 0.5) is 5.69 Å². The summed E-state index contributed by atoms with van der Waals surface area (Å²) in [6.45, 7) is 0.829. The lowest BCUT2D eigenvalue weighted by Crippen LogP contribution is -2.35. The van der Waals surface area contributed by atoms with E-state index in [2.05, 4.69) is 10.0 Å². The second-order valence-corrected chi connectivity index (χ2v) is 8.56. The van der Waals surface area contributed by atoms with Crippen molar-refractivity contribution in [1.82, 2.24) is 4.72 Å². The van der Waals surface area contributed by atoms with Gasteiger partial charge in [0.25, 0.3) is 0 Å². The topological polar surface area (TPSA) is 102 Å². The summed E-state index contributed by atoms with van der Waals surface area (Å²) in [5.74, 6) is 0. The van der Waals surface area contributed by atoms with Crippen LogP contribution in [0.2, 0.25) is 0 Å². The van der Waals surface area contributed by atoms with Gasteiger partial charge >= 0.3 is 0 Å². The largest absolute Gasteiger partial charge is 0.387 e. The minimum Gasteiger partial charge on any atom is -0.387 e. The summed E-state index contributed by atoms with van der Waals surface area (Å²) in [6, 6.07) is 3.69. The number of benzene rings is 1. The van der Waals surface area contributed by atoms with Gasteiger partial charge in [0.15, 0.2) is 9.84 Å². The average Bonchev–Trinajstić information content (AvgIpc) is 2.89. The van der Waals surface area contributed by atoms with Gasteiger partial charge in [0.2, 0.25) is 10.0 Å². The molecule has 1 unspecified atom stereocenters.